The predicted molar refractivity (Wildman–Crippen MR) is 57.7 cm³/mol. The summed E-state index contributed by atoms with van der Waals surface area (Å²) in [5.74, 6) is 0.451. The van der Waals surface area contributed by atoms with Gasteiger partial charge < -0.3 is 5.32 Å². The Bertz CT molecular complexity index is 283. The molecule has 0 fully saturated rings. The highest BCUT2D eigenvalue weighted by Crippen LogP contribution is 2.13. The average molecular weight is 195 g/mol. The fourth-order valence-corrected chi connectivity index (χ4v) is 1.31. The topological polar surface area (TPSA) is 12.0 Å². The Labute approximate surface area is 85.3 Å². The summed E-state index contributed by atoms with van der Waals surface area (Å²) in [6.45, 7) is 7.32. The molecule has 0 saturated carbocycles. The van der Waals surface area contributed by atoms with Crippen LogP contribution < -0.4 is 5.32 Å². The lowest BCUT2D eigenvalue weighted by Gasteiger charge is -2.15. The quantitative estimate of drug-likeness (QED) is 0.778. The third-order valence-corrected chi connectivity index (χ3v) is 2.18. The molecule has 0 aliphatic heterocycles. The van der Waals surface area contributed by atoms with E-state index >= 15 is 0 Å². The Kier molecular flexibility index (Phi) is 4.08. The Morgan fingerprint density at radius 1 is 1.29 bits per heavy atom. The van der Waals surface area contributed by atoms with Crippen LogP contribution in [0.25, 0.3) is 0 Å². The molecule has 2 heteroatoms. The average Bonchev–Trinajstić information content (AvgIpc) is 2.14. The van der Waals surface area contributed by atoms with E-state index in [4.69, 9.17) is 0 Å². The summed E-state index contributed by atoms with van der Waals surface area (Å²) in [6, 6.07) is 6.96. The van der Waals surface area contributed by atoms with Gasteiger partial charge in [0, 0.05) is 6.04 Å². The molecule has 1 rings (SSSR count). The first-order valence-corrected chi connectivity index (χ1v) is 5.08. The zero-order valence-electron chi connectivity index (χ0n) is 9.05. The van der Waals surface area contributed by atoms with Crippen LogP contribution in [0.1, 0.15) is 32.4 Å². The van der Waals surface area contributed by atoms with E-state index < -0.39 is 0 Å². The van der Waals surface area contributed by atoms with Gasteiger partial charge in [0.15, 0.2) is 0 Å². The number of hydrogen-bond donors (Lipinski definition) is 1. The normalized spacial score (nSPS) is 13.2. The van der Waals surface area contributed by atoms with Crippen LogP contribution in [-0.2, 0) is 0 Å². The minimum atomic E-state index is -0.166. The fraction of sp³-hybridized carbons (Fsp3) is 0.500. The molecule has 1 nitrogen and oxygen atoms in total. The van der Waals surface area contributed by atoms with Crippen molar-refractivity contribution in [1.29, 1.82) is 0 Å². The molecule has 1 N–H and O–H groups in total. The molecule has 0 amide bonds. The van der Waals surface area contributed by atoms with Crippen molar-refractivity contribution < 1.29 is 4.39 Å². The van der Waals surface area contributed by atoms with Crippen LogP contribution in [0.3, 0.4) is 0 Å². The van der Waals surface area contributed by atoms with Crippen molar-refractivity contribution in [3.8, 4) is 0 Å². The summed E-state index contributed by atoms with van der Waals surface area (Å²) in [5.41, 5.74) is 1.01. The third-order valence-electron chi connectivity index (χ3n) is 2.18. The van der Waals surface area contributed by atoms with Crippen LogP contribution in [0.5, 0.6) is 0 Å². The summed E-state index contributed by atoms with van der Waals surface area (Å²) in [6.07, 6.45) is 0. The van der Waals surface area contributed by atoms with Crippen LogP contribution in [0.2, 0.25) is 0 Å². The smallest absolute Gasteiger partial charge is 0.123 e. The first kappa shape index (κ1) is 11.2. The second kappa shape index (κ2) is 5.11. The van der Waals surface area contributed by atoms with Gasteiger partial charge in [0.25, 0.3) is 0 Å². The minimum Gasteiger partial charge on any atom is -0.310 e. The van der Waals surface area contributed by atoms with E-state index in [0.717, 1.165) is 12.1 Å². The Morgan fingerprint density at radius 2 is 2.00 bits per heavy atom. The lowest BCUT2D eigenvalue weighted by Crippen LogP contribution is -2.23. The van der Waals surface area contributed by atoms with Crippen molar-refractivity contribution in [2.24, 2.45) is 5.92 Å². The molecule has 0 heterocycles. The van der Waals surface area contributed by atoms with Gasteiger partial charge in [-0.3, -0.25) is 0 Å². The van der Waals surface area contributed by atoms with E-state index in [-0.39, 0.29) is 11.9 Å². The summed E-state index contributed by atoms with van der Waals surface area (Å²) < 4.78 is 12.9. The summed E-state index contributed by atoms with van der Waals surface area (Å²) in [5, 5.41) is 3.36. The second-order valence-electron chi connectivity index (χ2n) is 4.08. The highest BCUT2D eigenvalue weighted by atomic mass is 19.1. The van der Waals surface area contributed by atoms with Crippen molar-refractivity contribution in [2.75, 3.05) is 6.54 Å². The second-order valence-corrected chi connectivity index (χ2v) is 4.08. The van der Waals surface area contributed by atoms with E-state index in [9.17, 15) is 4.39 Å². The number of benzene rings is 1. The van der Waals surface area contributed by atoms with Crippen LogP contribution in [0, 0.1) is 11.7 Å². The molecule has 0 bridgehead atoms. The summed E-state index contributed by atoms with van der Waals surface area (Å²) >= 11 is 0. The van der Waals surface area contributed by atoms with Crippen molar-refractivity contribution in [3.05, 3.63) is 35.6 Å². The third kappa shape index (κ3) is 3.46. The van der Waals surface area contributed by atoms with Crippen molar-refractivity contribution in [2.45, 2.75) is 26.8 Å². The molecule has 0 unspecified atom stereocenters. The Balaban J connectivity index is 2.56. The van der Waals surface area contributed by atoms with E-state index in [2.05, 4.69) is 26.1 Å². The van der Waals surface area contributed by atoms with Crippen LogP contribution in [0.4, 0.5) is 4.39 Å². The summed E-state index contributed by atoms with van der Waals surface area (Å²) in [7, 11) is 0. The molecule has 1 aromatic rings. The van der Waals surface area contributed by atoms with Crippen molar-refractivity contribution >= 4 is 0 Å². The molecule has 0 saturated heterocycles. The molecular formula is C12H18FN. The highest BCUT2D eigenvalue weighted by molar-refractivity contribution is 5.19. The van der Waals surface area contributed by atoms with Crippen molar-refractivity contribution in [1.82, 2.24) is 5.32 Å². The maximum atomic E-state index is 12.9. The number of nitrogens with one attached hydrogen (secondary N) is 1. The van der Waals surface area contributed by atoms with Gasteiger partial charge in [-0.15, -0.1) is 0 Å². The molecule has 0 radical (unpaired) electrons. The number of rotatable bonds is 4. The highest BCUT2D eigenvalue weighted by Gasteiger charge is 2.05. The zero-order valence-corrected chi connectivity index (χ0v) is 9.05. The van der Waals surface area contributed by atoms with Gasteiger partial charge in [0.2, 0.25) is 0 Å². The van der Waals surface area contributed by atoms with Crippen LogP contribution in [0.15, 0.2) is 24.3 Å². The molecule has 0 aliphatic rings. The molecule has 0 spiro atoms. The minimum absolute atomic E-state index is 0.166. The van der Waals surface area contributed by atoms with Crippen LogP contribution in [-0.4, -0.2) is 6.54 Å². The molecule has 1 atom stereocenters. The number of halogens is 1. The van der Waals surface area contributed by atoms with Gasteiger partial charge in [-0.05, 0) is 37.1 Å². The molecule has 78 valence electrons. The Hall–Kier alpha value is -0.890. The summed E-state index contributed by atoms with van der Waals surface area (Å²) in [4.78, 5) is 0. The van der Waals surface area contributed by atoms with E-state index in [1.54, 1.807) is 12.1 Å². The predicted octanol–water partition coefficient (Wildman–Crippen LogP) is 3.13. The SMILES string of the molecule is CC(C)CN[C@H](C)c1cccc(F)c1. The molecule has 0 aromatic heterocycles. The lowest BCUT2D eigenvalue weighted by atomic mass is 10.1. The van der Waals surface area contributed by atoms with E-state index in [1.807, 2.05) is 6.07 Å². The molecule has 0 aliphatic carbocycles. The molecule has 1 aromatic carbocycles. The van der Waals surface area contributed by atoms with Gasteiger partial charge in [0.05, 0.1) is 0 Å². The first-order valence-electron chi connectivity index (χ1n) is 5.08. The lowest BCUT2D eigenvalue weighted by molar-refractivity contribution is 0.494. The largest absolute Gasteiger partial charge is 0.310 e. The molecular weight excluding hydrogens is 177 g/mol. The van der Waals surface area contributed by atoms with Gasteiger partial charge in [-0.25, -0.2) is 4.39 Å². The standard InChI is InChI=1S/C12H18FN/c1-9(2)8-14-10(3)11-5-4-6-12(13)7-11/h4-7,9-10,14H,8H2,1-3H3/t10-/m1/s1. The Morgan fingerprint density at radius 3 is 2.57 bits per heavy atom. The fourth-order valence-electron chi connectivity index (χ4n) is 1.31. The van der Waals surface area contributed by atoms with Gasteiger partial charge in [0.1, 0.15) is 5.82 Å². The van der Waals surface area contributed by atoms with E-state index in [0.29, 0.717) is 5.92 Å². The van der Waals surface area contributed by atoms with Gasteiger partial charge >= 0.3 is 0 Å². The van der Waals surface area contributed by atoms with E-state index in [1.165, 1.54) is 6.07 Å². The monoisotopic (exact) mass is 195 g/mol. The van der Waals surface area contributed by atoms with Crippen LogP contribution >= 0.6 is 0 Å². The van der Waals surface area contributed by atoms with Gasteiger partial charge in [-0.2, -0.15) is 0 Å². The van der Waals surface area contributed by atoms with Gasteiger partial charge in [-0.1, -0.05) is 26.0 Å². The maximum Gasteiger partial charge on any atom is 0.123 e. The maximum absolute atomic E-state index is 12.9. The first-order chi connectivity index (χ1) is 6.59. The number of hydrogen-bond acceptors (Lipinski definition) is 1. The molecule has 14 heavy (non-hydrogen) atoms. The van der Waals surface area contributed by atoms with Crippen molar-refractivity contribution in [3.63, 3.8) is 0 Å². The zero-order chi connectivity index (χ0) is 10.6.